The third kappa shape index (κ3) is 3.47. The molecule has 0 spiro atoms. The largest absolute Gasteiger partial charge is 0.331 e. The van der Waals surface area contributed by atoms with Crippen LogP contribution in [0.1, 0.15) is 51.0 Å². The summed E-state index contributed by atoms with van der Waals surface area (Å²) in [7, 11) is 0. The highest BCUT2D eigenvalue weighted by Gasteiger charge is 2.06. The van der Waals surface area contributed by atoms with Gasteiger partial charge >= 0.3 is 0 Å². The first kappa shape index (κ1) is 14.3. The van der Waals surface area contributed by atoms with Crippen molar-refractivity contribution in [3.63, 3.8) is 0 Å². The number of aryl methyl sites for hydroxylation is 2. The average molecular weight is 276 g/mol. The first-order chi connectivity index (χ1) is 9.24. The number of benzene rings is 1. The van der Waals surface area contributed by atoms with Crippen LogP contribution in [0.15, 0.2) is 18.2 Å². The van der Waals surface area contributed by atoms with Gasteiger partial charge in [-0.25, -0.2) is 0 Å². The topological polar surface area (TPSA) is 20.7 Å². The molecule has 1 aromatic carbocycles. The molecule has 0 amide bonds. The van der Waals surface area contributed by atoms with Gasteiger partial charge < -0.3 is 9.55 Å². The Bertz CT molecular complexity index is 580. The minimum atomic E-state index is 0.859. The molecule has 3 heteroatoms. The zero-order valence-electron chi connectivity index (χ0n) is 12.0. The second kappa shape index (κ2) is 6.90. The van der Waals surface area contributed by atoms with E-state index in [0.717, 1.165) is 16.8 Å². The number of hydrogen-bond acceptors (Lipinski definition) is 1. The number of nitrogens with zero attached hydrogens (tertiary/aromatic N) is 1. The van der Waals surface area contributed by atoms with Crippen LogP contribution in [0.4, 0.5) is 0 Å². The van der Waals surface area contributed by atoms with Gasteiger partial charge in [0.15, 0.2) is 4.77 Å². The quantitative estimate of drug-likeness (QED) is 0.532. The van der Waals surface area contributed by atoms with Gasteiger partial charge in [0.1, 0.15) is 0 Å². The third-order valence-corrected chi connectivity index (χ3v) is 4.05. The molecule has 0 aliphatic carbocycles. The van der Waals surface area contributed by atoms with E-state index in [1.807, 2.05) is 0 Å². The van der Waals surface area contributed by atoms with Crippen LogP contribution in [-0.2, 0) is 6.54 Å². The Balaban J connectivity index is 2.00. The molecule has 19 heavy (non-hydrogen) atoms. The van der Waals surface area contributed by atoms with Crippen LogP contribution in [-0.4, -0.2) is 9.55 Å². The predicted octanol–water partition coefficient (Wildman–Crippen LogP) is 5.37. The van der Waals surface area contributed by atoms with Gasteiger partial charge in [0.2, 0.25) is 0 Å². The molecule has 2 aromatic rings. The molecule has 2 nitrogen and oxygen atoms in total. The molecule has 104 valence electrons. The van der Waals surface area contributed by atoms with Gasteiger partial charge in [0, 0.05) is 6.54 Å². The van der Waals surface area contributed by atoms with Crippen molar-refractivity contribution >= 4 is 23.3 Å². The molecule has 0 saturated heterocycles. The average Bonchev–Trinajstić information content (AvgIpc) is 2.71. The summed E-state index contributed by atoms with van der Waals surface area (Å²) in [5, 5.41) is 0. The van der Waals surface area contributed by atoms with Gasteiger partial charge in [-0.05, 0) is 37.2 Å². The first-order valence-electron chi connectivity index (χ1n) is 7.42. The monoisotopic (exact) mass is 276 g/mol. The molecular formula is C16H24N2S. The molecule has 1 aromatic heterocycles. The van der Waals surface area contributed by atoms with Gasteiger partial charge in [-0.2, -0.15) is 0 Å². The molecule has 0 aliphatic heterocycles. The highest BCUT2D eigenvalue weighted by Crippen LogP contribution is 2.19. The van der Waals surface area contributed by atoms with Crippen LogP contribution in [0.25, 0.3) is 11.0 Å². The lowest BCUT2D eigenvalue weighted by Gasteiger charge is -2.06. The Hall–Kier alpha value is -1.09. The van der Waals surface area contributed by atoms with Crippen LogP contribution < -0.4 is 0 Å². The molecular weight excluding hydrogens is 252 g/mol. The van der Waals surface area contributed by atoms with Gasteiger partial charge in [0.05, 0.1) is 11.0 Å². The summed E-state index contributed by atoms with van der Waals surface area (Å²) in [6.45, 7) is 5.45. The summed E-state index contributed by atoms with van der Waals surface area (Å²) >= 11 is 5.44. The molecule has 0 saturated carbocycles. The number of H-pyrrole nitrogens is 1. The second-order valence-corrected chi connectivity index (χ2v) is 5.71. The lowest BCUT2D eigenvalue weighted by atomic mass is 10.1. The number of unbranched alkanes of at least 4 members (excludes halogenated alkanes) is 5. The van der Waals surface area contributed by atoms with Crippen molar-refractivity contribution in [1.29, 1.82) is 0 Å². The Morgan fingerprint density at radius 1 is 1.11 bits per heavy atom. The van der Waals surface area contributed by atoms with E-state index < -0.39 is 0 Å². The van der Waals surface area contributed by atoms with Crippen LogP contribution >= 0.6 is 12.2 Å². The van der Waals surface area contributed by atoms with Crippen molar-refractivity contribution in [2.45, 2.75) is 58.9 Å². The fraction of sp³-hybridized carbons (Fsp3) is 0.562. The number of aromatic nitrogens is 2. The van der Waals surface area contributed by atoms with E-state index in [1.54, 1.807) is 0 Å². The van der Waals surface area contributed by atoms with Crippen molar-refractivity contribution in [2.75, 3.05) is 0 Å². The number of aromatic amines is 1. The molecule has 1 N–H and O–H groups in total. The van der Waals surface area contributed by atoms with E-state index in [-0.39, 0.29) is 0 Å². The van der Waals surface area contributed by atoms with E-state index in [2.05, 4.69) is 41.6 Å². The lowest BCUT2D eigenvalue weighted by molar-refractivity contribution is 0.561. The minimum absolute atomic E-state index is 0.859. The number of hydrogen-bond donors (Lipinski definition) is 1. The van der Waals surface area contributed by atoms with Crippen LogP contribution in [0, 0.1) is 11.7 Å². The zero-order valence-corrected chi connectivity index (χ0v) is 12.9. The van der Waals surface area contributed by atoms with Crippen molar-refractivity contribution in [3.8, 4) is 0 Å². The number of rotatable bonds is 7. The molecule has 0 fully saturated rings. The Labute approximate surface area is 120 Å². The zero-order chi connectivity index (χ0) is 13.7. The Kier molecular flexibility index (Phi) is 5.20. The second-order valence-electron chi connectivity index (χ2n) is 5.32. The summed E-state index contributed by atoms with van der Waals surface area (Å²) in [5.41, 5.74) is 3.74. The highest BCUT2D eigenvalue weighted by molar-refractivity contribution is 7.71. The Morgan fingerprint density at radius 2 is 1.84 bits per heavy atom. The van der Waals surface area contributed by atoms with Crippen LogP contribution in [0.2, 0.25) is 0 Å². The van der Waals surface area contributed by atoms with E-state index in [1.165, 1.54) is 49.6 Å². The summed E-state index contributed by atoms with van der Waals surface area (Å²) in [6.07, 6.45) is 7.93. The van der Waals surface area contributed by atoms with Crippen LogP contribution in [0.3, 0.4) is 0 Å². The van der Waals surface area contributed by atoms with E-state index in [4.69, 9.17) is 12.2 Å². The maximum atomic E-state index is 5.44. The van der Waals surface area contributed by atoms with Crippen molar-refractivity contribution in [3.05, 3.63) is 28.5 Å². The van der Waals surface area contributed by atoms with Crippen molar-refractivity contribution in [1.82, 2.24) is 9.55 Å². The molecule has 2 rings (SSSR count). The SMILES string of the molecule is CCCCCCCCn1c(=S)[nH]c2cccc(C)c21. The summed E-state index contributed by atoms with van der Waals surface area (Å²) in [5.74, 6) is 0. The Morgan fingerprint density at radius 3 is 2.63 bits per heavy atom. The number of imidazole rings is 1. The maximum absolute atomic E-state index is 5.44. The van der Waals surface area contributed by atoms with Crippen LogP contribution in [0.5, 0.6) is 0 Å². The maximum Gasteiger partial charge on any atom is 0.178 e. The van der Waals surface area contributed by atoms with Crippen molar-refractivity contribution in [2.24, 2.45) is 0 Å². The van der Waals surface area contributed by atoms with Gasteiger partial charge in [-0.3, -0.25) is 0 Å². The summed E-state index contributed by atoms with van der Waals surface area (Å²) < 4.78 is 3.12. The van der Waals surface area contributed by atoms with E-state index in [9.17, 15) is 0 Å². The third-order valence-electron chi connectivity index (χ3n) is 3.73. The summed E-state index contributed by atoms with van der Waals surface area (Å²) in [6, 6.07) is 6.34. The molecule has 0 radical (unpaired) electrons. The fourth-order valence-corrected chi connectivity index (χ4v) is 2.96. The normalized spacial score (nSPS) is 11.3. The minimum Gasteiger partial charge on any atom is -0.331 e. The first-order valence-corrected chi connectivity index (χ1v) is 7.83. The summed E-state index contributed by atoms with van der Waals surface area (Å²) in [4.78, 5) is 3.31. The molecule has 0 aliphatic rings. The predicted molar refractivity (Wildman–Crippen MR) is 85.2 cm³/mol. The number of fused-ring (bicyclic) bond motifs is 1. The lowest BCUT2D eigenvalue weighted by Crippen LogP contribution is -1.99. The number of para-hydroxylation sites is 1. The molecule has 0 atom stereocenters. The molecule has 0 bridgehead atoms. The number of nitrogens with one attached hydrogen (secondary N) is 1. The van der Waals surface area contributed by atoms with Gasteiger partial charge in [-0.15, -0.1) is 0 Å². The van der Waals surface area contributed by atoms with Gasteiger partial charge in [-0.1, -0.05) is 51.2 Å². The smallest absolute Gasteiger partial charge is 0.178 e. The fourth-order valence-electron chi connectivity index (χ4n) is 2.67. The van der Waals surface area contributed by atoms with Crippen molar-refractivity contribution < 1.29 is 0 Å². The molecule has 0 unspecified atom stereocenters. The standard InChI is InChI=1S/C16H24N2S/c1-3-4-5-6-7-8-12-18-15-13(2)10-9-11-14(15)17-16(18)19/h9-11H,3-8,12H2,1-2H3,(H,17,19). The highest BCUT2D eigenvalue weighted by atomic mass is 32.1. The van der Waals surface area contributed by atoms with E-state index >= 15 is 0 Å². The molecule has 1 heterocycles. The van der Waals surface area contributed by atoms with E-state index in [0.29, 0.717) is 0 Å². The van der Waals surface area contributed by atoms with Gasteiger partial charge in [0.25, 0.3) is 0 Å².